The zero-order chi connectivity index (χ0) is 24.8. The molecule has 184 valence electrons. The minimum Gasteiger partial charge on any atom is -1.00 e. The van der Waals surface area contributed by atoms with Crippen molar-refractivity contribution < 1.29 is 56.2 Å². The van der Waals surface area contributed by atoms with Crippen molar-refractivity contribution in [1.29, 1.82) is 0 Å². The Hall–Kier alpha value is -1.48. The molecule has 0 aromatic heterocycles. The maximum atomic E-state index is 13.4. The second kappa shape index (κ2) is 13.0. The van der Waals surface area contributed by atoms with Crippen molar-refractivity contribution in [3.8, 4) is 5.75 Å². The van der Waals surface area contributed by atoms with Crippen LogP contribution < -0.4 is 28.9 Å². The van der Waals surface area contributed by atoms with Gasteiger partial charge >= 0.3 is 31.2 Å². The number of hydrogen-bond donors (Lipinski definition) is 0. The van der Waals surface area contributed by atoms with Crippen LogP contribution in [0.15, 0.2) is 36.4 Å². The van der Waals surface area contributed by atoms with Gasteiger partial charge in [0.15, 0.2) is 5.52 Å². The molecule has 2 unspecified atom stereocenters. The normalized spacial score (nSPS) is 13.1. The average molecular weight is 500 g/mol. The minimum absolute atomic E-state index is 0. The predicted molar refractivity (Wildman–Crippen MR) is 120 cm³/mol. The molecule has 2 aromatic carbocycles. The summed E-state index contributed by atoms with van der Waals surface area (Å²) in [4.78, 5) is 12.7. The molecule has 0 saturated carbocycles. The Morgan fingerprint density at radius 1 is 1.03 bits per heavy atom. The summed E-state index contributed by atoms with van der Waals surface area (Å²) in [6.07, 6.45) is -5.98. The summed E-state index contributed by atoms with van der Waals surface area (Å²) in [5.74, 6) is 0.947. The molecular formula is C24H28F6LiO2P. The third-order valence-electron chi connectivity index (χ3n) is 5.38. The van der Waals surface area contributed by atoms with Crippen LogP contribution in [0.25, 0.3) is 0 Å². The number of carbonyl (C=O) groups excluding carboxylic acids is 1. The average Bonchev–Trinajstić information content (AvgIpc) is 2.73. The van der Waals surface area contributed by atoms with Gasteiger partial charge in [-0.05, 0) is 63.0 Å². The van der Waals surface area contributed by atoms with Gasteiger partial charge < -0.3 is 6.16 Å². The summed E-state index contributed by atoms with van der Waals surface area (Å²) < 4.78 is 86.1. The number of benzene rings is 2. The van der Waals surface area contributed by atoms with Crippen LogP contribution in [-0.4, -0.2) is 12.1 Å². The molecule has 10 heteroatoms. The van der Waals surface area contributed by atoms with Gasteiger partial charge in [0.1, 0.15) is 5.75 Å². The molecule has 0 spiro atoms. The molecule has 0 heterocycles. The molecule has 0 fully saturated rings. The van der Waals surface area contributed by atoms with E-state index in [-0.39, 0.29) is 20.3 Å². The third-order valence-corrected chi connectivity index (χ3v) is 6.68. The van der Waals surface area contributed by atoms with Crippen LogP contribution >= 0.6 is 8.58 Å². The Balaban J connectivity index is 0.00000578. The Morgan fingerprint density at radius 3 is 2.09 bits per heavy atom. The number of rotatable bonds is 10. The number of alkyl halides is 6. The smallest absolute Gasteiger partial charge is 1.00 e. The van der Waals surface area contributed by atoms with Crippen LogP contribution in [0.2, 0.25) is 0 Å². The van der Waals surface area contributed by atoms with Crippen molar-refractivity contribution >= 4 is 19.4 Å². The van der Waals surface area contributed by atoms with Crippen LogP contribution in [0, 0.1) is 12.8 Å². The molecule has 0 saturated heterocycles. The van der Waals surface area contributed by atoms with Crippen molar-refractivity contribution in [1.82, 2.24) is 0 Å². The first-order valence-electron chi connectivity index (χ1n) is 10.7. The van der Waals surface area contributed by atoms with E-state index in [9.17, 15) is 31.1 Å². The number of halogens is 6. The van der Waals surface area contributed by atoms with E-state index in [4.69, 9.17) is 4.74 Å². The summed E-state index contributed by atoms with van der Waals surface area (Å²) in [5.41, 5.74) is -5.14. The first-order chi connectivity index (χ1) is 15.4. The summed E-state index contributed by atoms with van der Waals surface area (Å²) >= 11 is 0. The number of hydrogen-bond acceptors (Lipinski definition) is 2. The first-order valence-corrected chi connectivity index (χ1v) is 11.7. The fourth-order valence-electron chi connectivity index (χ4n) is 3.43. The van der Waals surface area contributed by atoms with Gasteiger partial charge in [-0.2, -0.15) is 26.3 Å². The summed E-state index contributed by atoms with van der Waals surface area (Å²) in [6, 6.07) is 6.43. The molecule has 2 rings (SSSR count). The van der Waals surface area contributed by atoms with E-state index in [2.05, 4.69) is 13.8 Å². The molecule has 34 heavy (non-hydrogen) atoms. The molecule has 2 atom stereocenters. The van der Waals surface area contributed by atoms with Crippen molar-refractivity contribution in [2.75, 3.05) is 6.61 Å². The molecule has 0 N–H and O–H groups in total. The number of unbranched alkanes of at least 4 members (excludes halogenated alkanes) is 1. The van der Waals surface area contributed by atoms with Crippen LogP contribution in [-0.2, 0) is 12.4 Å². The molecule has 0 aliphatic heterocycles. The molecular weight excluding hydrogens is 472 g/mol. The summed E-state index contributed by atoms with van der Waals surface area (Å²) in [6.45, 7) is 6.36. The van der Waals surface area contributed by atoms with E-state index in [0.717, 1.165) is 25.7 Å². The third kappa shape index (κ3) is 8.32. The zero-order valence-electron chi connectivity index (χ0n) is 20.7. The summed E-state index contributed by atoms with van der Waals surface area (Å²) in [5, 5.41) is 0.371. The molecule has 2 aromatic rings. The SMILES string of the molecule is CCCCC(CC)COc1ccc(PC(=O)c2c(C(F)(F)F)cccc2C(F)(F)F)c(C)c1.[H-].[Li+]. The topological polar surface area (TPSA) is 26.3 Å². The Bertz CT molecular complexity index is 934. The van der Waals surface area contributed by atoms with Crippen molar-refractivity contribution in [3.63, 3.8) is 0 Å². The Labute approximate surface area is 211 Å². The van der Waals surface area contributed by atoms with E-state index in [0.29, 0.717) is 47.3 Å². The monoisotopic (exact) mass is 500 g/mol. The second-order valence-corrected chi connectivity index (χ2v) is 9.12. The van der Waals surface area contributed by atoms with Gasteiger partial charge in [0.2, 0.25) is 0 Å². The minimum atomic E-state index is -5.09. The molecule has 0 radical (unpaired) electrons. The fraction of sp³-hybridized carbons (Fsp3) is 0.458. The Morgan fingerprint density at radius 2 is 1.62 bits per heavy atom. The van der Waals surface area contributed by atoms with E-state index < -0.39 is 43.1 Å². The van der Waals surface area contributed by atoms with Gasteiger partial charge in [0.05, 0.1) is 17.7 Å². The zero-order valence-corrected chi connectivity index (χ0v) is 20.7. The van der Waals surface area contributed by atoms with Gasteiger partial charge in [0, 0.05) is 5.56 Å². The van der Waals surface area contributed by atoms with Gasteiger partial charge in [-0.1, -0.05) is 45.2 Å². The fourth-order valence-corrected chi connectivity index (χ4v) is 4.51. The van der Waals surface area contributed by atoms with Gasteiger partial charge in [-0.3, -0.25) is 4.79 Å². The van der Waals surface area contributed by atoms with Crippen molar-refractivity contribution in [2.45, 2.75) is 58.8 Å². The van der Waals surface area contributed by atoms with Gasteiger partial charge in [-0.15, -0.1) is 0 Å². The number of carbonyl (C=O) groups is 1. The Kier molecular flexibility index (Phi) is 11.7. The van der Waals surface area contributed by atoms with Crippen LogP contribution in [0.5, 0.6) is 5.75 Å². The van der Waals surface area contributed by atoms with E-state index in [1.165, 1.54) is 6.07 Å². The summed E-state index contributed by atoms with van der Waals surface area (Å²) in [7, 11) is -0.895. The quantitative estimate of drug-likeness (QED) is 0.264. The predicted octanol–water partition coefficient (Wildman–Crippen LogP) is 4.89. The van der Waals surface area contributed by atoms with E-state index >= 15 is 0 Å². The molecule has 2 nitrogen and oxygen atoms in total. The maximum Gasteiger partial charge on any atom is 1.00 e. The molecule has 0 bridgehead atoms. The van der Waals surface area contributed by atoms with Gasteiger partial charge in [0.25, 0.3) is 0 Å². The standard InChI is InChI=1S/C24H27F6O2P.Li.H/c1-4-6-8-16(5-2)14-32-17-11-12-20(15(3)13-17)33-22(31)21-18(23(25,26)27)9-7-10-19(21)24(28,29)30;;/h7,9-13,16,33H,4-6,8,14H2,1-3H3;;/q;+1;-1. The molecule has 0 amide bonds. The first kappa shape index (κ1) is 30.5. The van der Waals surface area contributed by atoms with E-state index in [1.807, 2.05) is 0 Å². The van der Waals surface area contributed by atoms with Crippen LogP contribution in [0.4, 0.5) is 26.3 Å². The number of ether oxygens (including phenoxy) is 1. The van der Waals surface area contributed by atoms with Crippen LogP contribution in [0.3, 0.4) is 0 Å². The van der Waals surface area contributed by atoms with Gasteiger partial charge in [-0.25, -0.2) is 0 Å². The second-order valence-electron chi connectivity index (χ2n) is 7.88. The van der Waals surface area contributed by atoms with Crippen molar-refractivity contribution in [2.24, 2.45) is 5.92 Å². The number of aryl methyl sites for hydroxylation is 1. The largest absolute Gasteiger partial charge is 1.00 e. The van der Waals surface area contributed by atoms with Crippen molar-refractivity contribution in [3.05, 3.63) is 58.7 Å². The van der Waals surface area contributed by atoms with E-state index in [1.54, 1.807) is 19.1 Å². The molecule has 0 aliphatic rings. The maximum absolute atomic E-state index is 13.4. The van der Waals surface area contributed by atoms with Crippen LogP contribution in [0.1, 0.15) is 68.0 Å². The molecule has 0 aliphatic carbocycles.